The molecule has 0 heterocycles. The number of benzene rings is 2. The van der Waals surface area contributed by atoms with Crippen LogP contribution in [0.15, 0.2) is 48.5 Å². The molecule has 2 aromatic carbocycles. The van der Waals surface area contributed by atoms with E-state index < -0.39 is 0 Å². The average molecular weight is 389 g/mol. The molecule has 0 bridgehead atoms. The Morgan fingerprint density at radius 2 is 1.74 bits per heavy atom. The maximum atomic E-state index is 13.3. The van der Waals surface area contributed by atoms with E-state index in [-0.39, 0.29) is 35.5 Å². The van der Waals surface area contributed by atoms with Gasteiger partial charge in [-0.2, -0.15) is 0 Å². The van der Waals surface area contributed by atoms with Crippen molar-refractivity contribution in [3.8, 4) is 0 Å². The van der Waals surface area contributed by atoms with Gasteiger partial charge < -0.3 is 10.2 Å². The third kappa shape index (κ3) is 4.30. The average Bonchev–Trinajstić information content (AvgIpc) is 3.05. The van der Waals surface area contributed by atoms with Gasteiger partial charge in [0, 0.05) is 26.1 Å². The lowest BCUT2D eigenvalue weighted by atomic mass is 9.88. The number of carbonyl (C=O) groups is 2. The van der Waals surface area contributed by atoms with Crippen LogP contribution in [0.5, 0.6) is 0 Å². The molecule has 1 aliphatic carbocycles. The summed E-state index contributed by atoms with van der Waals surface area (Å²) in [6.07, 6.45) is 1.15. The topological polar surface area (TPSA) is 49.4 Å². The number of amides is 2. The predicted octanol–water partition coefficient (Wildman–Crippen LogP) is 3.86. The van der Waals surface area contributed by atoms with Crippen LogP contribution in [0.3, 0.4) is 0 Å². The molecule has 0 unspecified atom stereocenters. The molecule has 0 aliphatic heterocycles. The fraction of sp³-hybridized carbons (Fsp3) is 0.333. The first kappa shape index (κ1) is 19.4. The Kier molecular flexibility index (Phi) is 5.80. The summed E-state index contributed by atoms with van der Waals surface area (Å²) in [5.74, 6) is -0.880. The summed E-state index contributed by atoms with van der Waals surface area (Å²) in [4.78, 5) is 26.8. The zero-order valence-corrected chi connectivity index (χ0v) is 16.0. The smallest absolute Gasteiger partial charge is 0.253 e. The van der Waals surface area contributed by atoms with Crippen LogP contribution in [0.2, 0.25) is 5.02 Å². The maximum absolute atomic E-state index is 13.3. The van der Waals surface area contributed by atoms with Crippen molar-refractivity contribution >= 4 is 23.4 Å². The first-order valence-electron chi connectivity index (χ1n) is 8.89. The Balaban J connectivity index is 1.80. The second-order valence-corrected chi connectivity index (χ2v) is 7.53. The molecule has 1 saturated carbocycles. The van der Waals surface area contributed by atoms with E-state index in [1.54, 1.807) is 55.4 Å². The van der Waals surface area contributed by atoms with Crippen LogP contribution in [-0.2, 0) is 4.79 Å². The Hall–Kier alpha value is -2.40. The van der Waals surface area contributed by atoms with Crippen LogP contribution in [0.25, 0.3) is 0 Å². The molecule has 3 atom stereocenters. The van der Waals surface area contributed by atoms with Crippen molar-refractivity contribution < 1.29 is 14.0 Å². The molecule has 27 heavy (non-hydrogen) atoms. The highest BCUT2D eigenvalue weighted by Crippen LogP contribution is 2.41. The van der Waals surface area contributed by atoms with E-state index in [0.29, 0.717) is 23.4 Å². The van der Waals surface area contributed by atoms with Crippen molar-refractivity contribution in [3.63, 3.8) is 0 Å². The van der Waals surface area contributed by atoms with Crippen molar-refractivity contribution in [1.82, 2.24) is 10.2 Å². The summed E-state index contributed by atoms with van der Waals surface area (Å²) in [5.41, 5.74) is 1.32. The number of halogens is 2. The van der Waals surface area contributed by atoms with Gasteiger partial charge in [-0.05, 0) is 48.6 Å². The number of hydrogen-bond acceptors (Lipinski definition) is 2. The van der Waals surface area contributed by atoms with Crippen molar-refractivity contribution in [2.45, 2.75) is 24.8 Å². The van der Waals surface area contributed by atoms with Gasteiger partial charge in [0.05, 0.1) is 10.6 Å². The second-order valence-electron chi connectivity index (χ2n) is 7.12. The normalized spacial score (nSPS) is 21.7. The van der Waals surface area contributed by atoms with Crippen LogP contribution in [0.1, 0.15) is 34.7 Å². The van der Waals surface area contributed by atoms with Crippen molar-refractivity contribution in [3.05, 3.63) is 70.5 Å². The van der Waals surface area contributed by atoms with E-state index in [2.05, 4.69) is 5.32 Å². The van der Waals surface area contributed by atoms with Crippen LogP contribution < -0.4 is 5.32 Å². The number of hydrogen-bond donors (Lipinski definition) is 1. The van der Waals surface area contributed by atoms with E-state index in [0.717, 1.165) is 5.56 Å². The summed E-state index contributed by atoms with van der Waals surface area (Å²) in [7, 11) is 3.44. The molecule has 2 aromatic rings. The largest absolute Gasteiger partial charge is 0.349 e. The molecule has 0 radical (unpaired) electrons. The van der Waals surface area contributed by atoms with Crippen molar-refractivity contribution in [1.29, 1.82) is 0 Å². The summed E-state index contributed by atoms with van der Waals surface area (Å²) >= 11 is 6.11. The van der Waals surface area contributed by atoms with Crippen LogP contribution in [-0.4, -0.2) is 36.9 Å². The van der Waals surface area contributed by atoms with Gasteiger partial charge in [-0.3, -0.25) is 9.59 Å². The van der Waals surface area contributed by atoms with Gasteiger partial charge in [-0.15, -0.1) is 0 Å². The van der Waals surface area contributed by atoms with Gasteiger partial charge in [0.1, 0.15) is 5.82 Å². The predicted molar refractivity (Wildman–Crippen MR) is 103 cm³/mol. The fourth-order valence-electron chi connectivity index (χ4n) is 3.75. The SMILES string of the molecule is CN(C)C(=O)[C@H]1C[C@@H](NC(=O)c2ccccc2Cl)C[C@@H]1c1ccc(F)cc1. The minimum atomic E-state index is -0.309. The van der Waals surface area contributed by atoms with Crippen molar-refractivity contribution in [2.24, 2.45) is 5.92 Å². The molecule has 0 spiro atoms. The number of nitrogens with one attached hydrogen (secondary N) is 1. The summed E-state index contributed by atoms with van der Waals surface area (Å²) < 4.78 is 13.3. The minimum absolute atomic E-state index is 0.0128. The lowest BCUT2D eigenvalue weighted by molar-refractivity contribution is -0.133. The number of carbonyl (C=O) groups excluding carboxylic acids is 2. The molecule has 142 valence electrons. The highest BCUT2D eigenvalue weighted by Gasteiger charge is 2.40. The van der Waals surface area contributed by atoms with E-state index in [9.17, 15) is 14.0 Å². The highest BCUT2D eigenvalue weighted by atomic mass is 35.5. The third-order valence-corrected chi connectivity index (χ3v) is 5.40. The summed E-state index contributed by atoms with van der Waals surface area (Å²) in [6, 6.07) is 13.0. The lowest BCUT2D eigenvalue weighted by Crippen LogP contribution is -2.34. The van der Waals surface area contributed by atoms with Crippen molar-refractivity contribution in [2.75, 3.05) is 14.1 Å². The molecular formula is C21H22ClFN2O2. The zero-order chi connectivity index (χ0) is 19.6. The molecule has 1 fully saturated rings. The Morgan fingerprint density at radius 3 is 2.37 bits per heavy atom. The molecule has 0 saturated heterocycles. The van der Waals surface area contributed by atoms with E-state index >= 15 is 0 Å². The molecule has 1 aliphatic rings. The molecule has 6 heteroatoms. The lowest BCUT2D eigenvalue weighted by Gasteiger charge is -2.22. The first-order valence-corrected chi connectivity index (χ1v) is 9.26. The molecule has 0 aromatic heterocycles. The summed E-state index contributed by atoms with van der Waals surface area (Å²) in [6.45, 7) is 0. The minimum Gasteiger partial charge on any atom is -0.349 e. The quantitative estimate of drug-likeness (QED) is 0.864. The second kappa shape index (κ2) is 8.09. The molecular weight excluding hydrogens is 367 g/mol. The molecule has 4 nitrogen and oxygen atoms in total. The molecule has 1 N–H and O–H groups in total. The zero-order valence-electron chi connectivity index (χ0n) is 15.3. The highest BCUT2D eigenvalue weighted by molar-refractivity contribution is 6.33. The van der Waals surface area contributed by atoms with Gasteiger partial charge in [-0.25, -0.2) is 4.39 Å². The van der Waals surface area contributed by atoms with E-state index in [1.807, 2.05) is 0 Å². The van der Waals surface area contributed by atoms with Gasteiger partial charge in [-0.1, -0.05) is 35.9 Å². The van der Waals surface area contributed by atoms with E-state index in [1.165, 1.54) is 12.1 Å². The monoisotopic (exact) mass is 388 g/mol. The molecule has 3 rings (SSSR count). The fourth-order valence-corrected chi connectivity index (χ4v) is 3.97. The summed E-state index contributed by atoms with van der Waals surface area (Å²) in [5, 5.41) is 3.40. The van der Waals surface area contributed by atoms with Crippen LogP contribution in [0.4, 0.5) is 4.39 Å². The molecule has 2 amide bonds. The number of nitrogens with zero attached hydrogens (tertiary/aromatic N) is 1. The van der Waals surface area contributed by atoms with Crippen LogP contribution >= 0.6 is 11.6 Å². The van der Waals surface area contributed by atoms with Gasteiger partial charge in [0.25, 0.3) is 5.91 Å². The third-order valence-electron chi connectivity index (χ3n) is 5.07. The van der Waals surface area contributed by atoms with E-state index in [4.69, 9.17) is 11.6 Å². The van der Waals surface area contributed by atoms with Gasteiger partial charge in [0.2, 0.25) is 5.91 Å². The maximum Gasteiger partial charge on any atom is 0.253 e. The standard InChI is InChI=1S/C21H22ClFN2O2/c1-25(2)21(27)18-12-15(11-17(18)13-7-9-14(23)10-8-13)24-20(26)16-5-3-4-6-19(16)22/h3-10,15,17-18H,11-12H2,1-2H3,(H,24,26)/t15-,17+,18-/m0/s1. The Morgan fingerprint density at radius 1 is 1.07 bits per heavy atom. The van der Waals surface area contributed by atoms with Gasteiger partial charge >= 0.3 is 0 Å². The Bertz CT molecular complexity index is 838. The first-order chi connectivity index (χ1) is 12.9. The van der Waals surface area contributed by atoms with Crippen LogP contribution in [0, 0.1) is 11.7 Å². The number of rotatable bonds is 4. The van der Waals surface area contributed by atoms with Gasteiger partial charge in [0.15, 0.2) is 0 Å². The Labute approximate surface area is 163 Å².